The molecule has 0 radical (unpaired) electrons. The predicted octanol–water partition coefficient (Wildman–Crippen LogP) is 4.33. The molecule has 1 amide bonds. The van der Waals surface area contributed by atoms with E-state index in [1.807, 2.05) is 12.2 Å². The molecule has 0 aromatic heterocycles. The summed E-state index contributed by atoms with van der Waals surface area (Å²) in [6.07, 6.45) is 7.09. The van der Waals surface area contributed by atoms with Crippen molar-refractivity contribution in [3.05, 3.63) is 47.8 Å². The Kier molecular flexibility index (Phi) is 5.18. The molecule has 0 spiro atoms. The van der Waals surface area contributed by atoms with Crippen LogP contribution in [0.2, 0.25) is 0 Å². The van der Waals surface area contributed by atoms with Gasteiger partial charge in [-0.05, 0) is 43.4 Å². The van der Waals surface area contributed by atoms with Crippen molar-refractivity contribution in [1.29, 1.82) is 0 Å². The third kappa shape index (κ3) is 4.60. The number of hydrogen-bond donors (Lipinski definition) is 1. The molecule has 6 heteroatoms. The summed E-state index contributed by atoms with van der Waals surface area (Å²) in [5.41, 5.74) is 0.310. The van der Waals surface area contributed by atoms with Gasteiger partial charge in [0.15, 0.2) is 0 Å². The number of hydrogen-bond acceptors (Lipinski definition) is 1. The Balaban J connectivity index is 2.21. The standard InChI is InChI=1S/C15H15Cl3FNO/c16-15(17,18)13(21)20-14(8-2-1-3-9-14)10-11-4-6-12(19)7-5-11/h2,4-8H,1,3,9-10H2,(H,20,21). The SMILES string of the molecule is O=C(NC1(Cc2ccc(F)cc2)C=CCCC1)C(Cl)(Cl)Cl. The third-order valence-electron chi connectivity index (χ3n) is 3.48. The maximum atomic E-state index is 13.0. The van der Waals surface area contributed by atoms with E-state index in [0.717, 1.165) is 24.8 Å². The van der Waals surface area contributed by atoms with Gasteiger partial charge in [0.1, 0.15) is 5.82 Å². The Hall–Kier alpha value is -0.770. The van der Waals surface area contributed by atoms with Crippen LogP contribution in [0.15, 0.2) is 36.4 Å². The average Bonchev–Trinajstić information content (AvgIpc) is 2.41. The van der Waals surface area contributed by atoms with Gasteiger partial charge in [0, 0.05) is 0 Å². The maximum absolute atomic E-state index is 13.0. The van der Waals surface area contributed by atoms with Gasteiger partial charge in [0.25, 0.3) is 9.70 Å². The second-order valence-corrected chi connectivity index (χ2v) is 7.49. The molecule has 1 atom stereocenters. The Labute approximate surface area is 138 Å². The average molecular weight is 351 g/mol. The van der Waals surface area contributed by atoms with Crippen molar-refractivity contribution < 1.29 is 9.18 Å². The molecule has 0 saturated heterocycles. The first-order valence-electron chi connectivity index (χ1n) is 6.62. The Morgan fingerprint density at radius 3 is 2.48 bits per heavy atom. The van der Waals surface area contributed by atoms with Crippen LogP contribution >= 0.6 is 34.8 Å². The van der Waals surface area contributed by atoms with Crippen molar-refractivity contribution in [2.75, 3.05) is 0 Å². The van der Waals surface area contributed by atoms with Crippen LogP contribution in [0.25, 0.3) is 0 Å². The van der Waals surface area contributed by atoms with Crippen molar-refractivity contribution in [2.24, 2.45) is 0 Å². The van der Waals surface area contributed by atoms with E-state index >= 15 is 0 Å². The van der Waals surface area contributed by atoms with Crippen LogP contribution in [-0.4, -0.2) is 15.2 Å². The molecule has 114 valence electrons. The molecule has 0 fully saturated rings. The fraction of sp³-hybridized carbons (Fsp3) is 0.400. The van der Waals surface area contributed by atoms with Crippen molar-refractivity contribution in [1.82, 2.24) is 5.32 Å². The first kappa shape index (κ1) is 16.6. The smallest absolute Gasteiger partial charge is 0.272 e. The number of allylic oxidation sites excluding steroid dienone is 1. The Morgan fingerprint density at radius 1 is 1.29 bits per heavy atom. The molecule has 0 bridgehead atoms. The number of carbonyl (C=O) groups excluding carboxylic acids is 1. The molecule has 2 nitrogen and oxygen atoms in total. The van der Waals surface area contributed by atoms with Gasteiger partial charge in [-0.15, -0.1) is 0 Å². The second kappa shape index (κ2) is 6.55. The molecule has 0 saturated carbocycles. The van der Waals surface area contributed by atoms with Crippen LogP contribution in [0.4, 0.5) is 4.39 Å². The van der Waals surface area contributed by atoms with Crippen molar-refractivity contribution in [3.63, 3.8) is 0 Å². The van der Waals surface area contributed by atoms with E-state index in [1.54, 1.807) is 12.1 Å². The zero-order chi connectivity index (χ0) is 15.5. The molecule has 1 N–H and O–H groups in total. The summed E-state index contributed by atoms with van der Waals surface area (Å²) in [4.78, 5) is 12.0. The van der Waals surface area contributed by atoms with Crippen molar-refractivity contribution in [2.45, 2.75) is 35.0 Å². The molecule has 21 heavy (non-hydrogen) atoms. The van der Waals surface area contributed by atoms with Crippen LogP contribution in [0.3, 0.4) is 0 Å². The fourth-order valence-electron chi connectivity index (χ4n) is 2.49. The molecular weight excluding hydrogens is 336 g/mol. The van der Waals surface area contributed by atoms with Gasteiger partial charge in [0.05, 0.1) is 5.54 Å². The molecule has 0 aliphatic heterocycles. The van der Waals surface area contributed by atoms with Gasteiger partial charge in [-0.1, -0.05) is 59.1 Å². The highest BCUT2D eigenvalue weighted by molar-refractivity contribution is 6.76. The van der Waals surface area contributed by atoms with Gasteiger partial charge in [0.2, 0.25) is 0 Å². The topological polar surface area (TPSA) is 29.1 Å². The van der Waals surface area contributed by atoms with Gasteiger partial charge < -0.3 is 5.32 Å². The van der Waals surface area contributed by atoms with Crippen LogP contribution in [-0.2, 0) is 11.2 Å². The number of nitrogens with one attached hydrogen (secondary N) is 1. The summed E-state index contributed by atoms with van der Waals surface area (Å²) in [6, 6.07) is 6.18. The van der Waals surface area contributed by atoms with Gasteiger partial charge in [-0.3, -0.25) is 4.79 Å². The van der Waals surface area contributed by atoms with Crippen LogP contribution in [0.5, 0.6) is 0 Å². The van der Waals surface area contributed by atoms with E-state index in [0.29, 0.717) is 6.42 Å². The highest BCUT2D eigenvalue weighted by Crippen LogP contribution is 2.31. The summed E-state index contributed by atoms with van der Waals surface area (Å²) in [5.74, 6) is -0.946. The van der Waals surface area contributed by atoms with E-state index in [4.69, 9.17) is 34.8 Å². The van der Waals surface area contributed by atoms with Gasteiger partial charge in [-0.2, -0.15) is 0 Å². The second-order valence-electron chi connectivity index (χ2n) is 5.21. The number of benzene rings is 1. The molecule has 1 unspecified atom stereocenters. The molecular formula is C15H15Cl3FNO. The summed E-state index contributed by atoms with van der Waals surface area (Å²) in [7, 11) is 0. The van der Waals surface area contributed by atoms with Crippen LogP contribution in [0.1, 0.15) is 24.8 Å². The molecule has 1 aromatic rings. The Morgan fingerprint density at radius 2 is 1.95 bits per heavy atom. The first-order valence-corrected chi connectivity index (χ1v) is 7.76. The number of carbonyl (C=O) groups is 1. The van der Waals surface area contributed by atoms with Gasteiger partial charge >= 0.3 is 0 Å². The predicted molar refractivity (Wildman–Crippen MR) is 84.3 cm³/mol. The first-order chi connectivity index (χ1) is 9.81. The minimum atomic E-state index is -2.00. The maximum Gasteiger partial charge on any atom is 0.272 e. The highest BCUT2D eigenvalue weighted by atomic mass is 35.6. The van der Waals surface area contributed by atoms with E-state index in [9.17, 15) is 9.18 Å². The summed E-state index contributed by atoms with van der Waals surface area (Å²) in [5, 5.41) is 2.82. The Bertz CT molecular complexity index is 539. The minimum Gasteiger partial charge on any atom is -0.343 e. The molecule has 1 aliphatic carbocycles. The van der Waals surface area contributed by atoms with Crippen molar-refractivity contribution >= 4 is 40.7 Å². The molecule has 2 rings (SSSR count). The summed E-state index contributed by atoms with van der Waals surface area (Å²) >= 11 is 16.9. The van der Waals surface area contributed by atoms with Crippen LogP contribution < -0.4 is 5.32 Å². The lowest BCUT2D eigenvalue weighted by molar-refractivity contribution is -0.121. The van der Waals surface area contributed by atoms with E-state index in [-0.39, 0.29) is 5.82 Å². The van der Waals surface area contributed by atoms with E-state index in [1.165, 1.54) is 12.1 Å². The monoisotopic (exact) mass is 349 g/mol. The molecule has 1 aromatic carbocycles. The molecule has 0 heterocycles. The van der Waals surface area contributed by atoms with Crippen LogP contribution in [0, 0.1) is 5.82 Å². The van der Waals surface area contributed by atoms with E-state index in [2.05, 4.69) is 5.32 Å². The normalized spacial score (nSPS) is 22.1. The number of rotatable bonds is 3. The lowest BCUT2D eigenvalue weighted by Gasteiger charge is -2.35. The minimum absolute atomic E-state index is 0.294. The number of alkyl halides is 3. The largest absolute Gasteiger partial charge is 0.343 e. The summed E-state index contributed by atoms with van der Waals surface area (Å²) < 4.78 is 11.0. The number of halogens is 4. The van der Waals surface area contributed by atoms with E-state index < -0.39 is 15.2 Å². The highest BCUT2D eigenvalue weighted by Gasteiger charge is 2.38. The molecule has 1 aliphatic rings. The van der Waals surface area contributed by atoms with Crippen molar-refractivity contribution in [3.8, 4) is 0 Å². The summed E-state index contributed by atoms with van der Waals surface area (Å²) in [6.45, 7) is 0. The third-order valence-corrected chi connectivity index (χ3v) is 4.00. The lowest BCUT2D eigenvalue weighted by atomic mass is 9.82. The fourth-order valence-corrected chi connectivity index (χ4v) is 2.63. The zero-order valence-corrected chi connectivity index (χ0v) is 13.5. The number of amides is 1. The lowest BCUT2D eigenvalue weighted by Crippen LogP contribution is -2.53. The van der Waals surface area contributed by atoms with Gasteiger partial charge in [-0.25, -0.2) is 4.39 Å². The zero-order valence-electron chi connectivity index (χ0n) is 11.2. The quantitative estimate of drug-likeness (QED) is 0.638.